The monoisotopic (exact) mass is 923 g/mol. The fourth-order valence-corrected chi connectivity index (χ4v) is 13.2. The lowest BCUT2D eigenvalue weighted by Gasteiger charge is -2.44. The second-order valence-corrected chi connectivity index (χ2v) is 25.7. The molecule has 0 spiro atoms. The van der Waals surface area contributed by atoms with E-state index in [0.717, 1.165) is 46.5 Å². The highest BCUT2D eigenvalue weighted by Gasteiger charge is 2.50. The fraction of sp³-hybridized carbons (Fsp3) is 0.317. The zero-order valence-electron chi connectivity index (χ0n) is 43.3. The summed E-state index contributed by atoms with van der Waals surface area (Å²) in [4.78, 5) is 13.6. The van der Waals surface area contributed by atoms with Crippen LogP contribution in [0.4, 0.5) is 51.4 Å². The minimum atomic E-state index is -0.0636. The number of nitrogens with zero attached hydrogens (tertiary/aromatic N) is 4. The van der Waals surface area contributed by atoms with E-state index >= 15 is 0 Å². The molecule has 1 aliphatic carbocycles. The van der Waals surface area contributed by atoms with Gasteiger partial charge in [0.15, 0.2) is 0 Å². The van der Waals surface area contributed by atoms with E-state index in [2.05, 4.69) is 251 Å². The lowest BCUT2D eigenvalue weighted by molar-refractivity contribution is 0.403. The van der Waals surface area contributed by atoms with Gasteiger partial charge in [0.25, 0.3) is 6.71 Å². The molecule has 3 aliphatic rings. The molecule has 348 valence electrons. The lowest BCUT2D eigenvalue weighted by atomic mass is 9.36. The maximum absolute atomic E-state index is 6.07. The van der Waals surface area contributed by atoms with Crippen molar-refractivity contribution in [3.8, 4) is 0 Å². The summed E-state index contributed by atoms with van der Waals surface area (Å²) >= 11 is 1.97. The number of aromatic nitrogens is 1. The number of rotatable bonds is 5. The molecule has 0 fully saturated rings. The van der Waals surface area contributed by atoms with Crippen molar-refractivity contribution < 1.29 is 0 Å². The molecular weight excluding hydrogens is 856 g/mol. The summed E-state index contributed by atoms with van der Waals surface area (Å²) in [5.74, 6) is 1.85. The molecule has 6 aromatic carbocycles. The molecule has 2 aromatic heterocycles. The van der Waals surface area contributed by atoms with Gasteiger partial charge < -0.3 is 4.90 Å². The molecule has 0 radical (unpaired) electrons. The van der Waals surface area contributed by atoms with E-state index in [9.17, 15) is 0 Å². The lowest BCUT2D eigenvalue weighted by Crippen LogP contribution is -2.61. The van der Waals surface area contributed by atoms with Crippen LogP contribution in [0.25, 0.3) is 10.1 Å². The molecule has 0 amide bonds. The van der Waals surface area contributed by atoms with Gasteiger partial charge in [0.1, 0.15) is 11.6 Å². The standard InChI is InChI=1S/C63H67BN4S/c1-39-31-42(61(8,9)10)33-46(32-39)68-51-36-49-48(62(11,12)38-63(49,13)14)35-50(51)64-55-52(37-54(65-58(55)68)66(43-21-17-15-18-22-43)44-23-19-16-20-24-44)67(45-28-25-40(26-29-45)59(2,3)4)56-47-34-41(60(5,6)7)27-30-53(47)69-57(56)64/h15-37H,38H2,1-14H3. The molecule has 11 rings (SSSR count). The van der Waals surface area contributed by atoms with Gasteiger partial charge in [0, 0.05) is 55.1 Å². The zero-order valence-corrected chi connectivity index (χ0v) is 44.1. The van der Waals surface area contributed by atoms with Gasteiger partial charge in [0.2, 0.25) is 0 Å². The van der Waals surface area contributed by atoms with E-state index in [1.54, 1.807) is 0 Å². The average molecular weight is 923 g/mol. The molecule has 0 saturated heterocycles. The van der Waals surface area contributed by atoms with Gasteiger partial charge in [-0.3, -0.25) is 9.80 Å². The molecule has 0 bridgehead atoms. The quantitative estimate of drug-likeness (QED) is 0.160. The van der Waals surface area contributed by atoms with E-state index in [1.165, 1.54) is 70.5 Å². The van der Waals surface area contributed by atoms with Gasteiger partial charge >= 0.3 is 0 Å². The van der Waals surface area contributed by atoms with Crippen molar-refractivity contribution in [2.45, 2.75) is 130 Å². The van der Waals surface area contributed by atoms with E-state index in [1.807, 2.05) is 11.3 Å². The number of benzene rings is 6. The van der Waals surface area contributed by atoms with Crippen LogP contribution in [0.15, 0.2) is 140 Å². The summed E-state index contributed by atoms with van der Waals surface area (Å²) in [5, 5.41) is 1.30. The Bertz CT molecular complexity index is 3290. The number of para-hydroxylation sites is 2. The third kappa shape index (κ3) is 7.43. The summed E-state index contributed by atoms with van der Waals surface area (Å²) in [6.07, 6.45) is 1.09. The van der Waals surface area contributed by atoms with Crippen molar-refractivity contribution in [3.05, 3.63) is 173 Å². The molecule has 2 aliphatic heterocycles. The number of thiophene rings is 1. The van der Waals surface area contributed by atoms with Gasteiger partial charge in [-0.05, 0) is 151 Å². The highest BCUT2D eigenvalue weighted by Crippen LogP contribution is 2.54. The number of hydrogen-bond acceptors (Lipinski definition) is 5. The normalized spacial score (nSPS) is 15.8. The summed E-state index contributed by atoms with van der Waals surface area (Å²) in [7, 11) is 0. The smallest absolute Gasteiger partial charge is 0.266 e. The molecule has 0 atom stereocenters. The van der Waals surface area contributed by atoms with Crippen molar-refractivity contribution >= 4 is 95.3 Å². The van der Waals surface area contributed by atoms with Crippen molar-refractivity contribution in [2.75, 3.05) is 14.7 Å². The number of anilines is 9. The average Bonchev–Trinajstić information content (AvgIpc) is 3.74. The molecular formula is C63H67BN4S. The van der Waals surface area contributed by atoms with Gasteiger partial charge in [-0.15, -0.1) is 11.3 Å². The number of hydrogen-bond donors (Lipinski definition) is 0. The SMILES string of the molecule is Cc1cc(N2c3cc4c(cc3B3c5sc6ccc(C(C)(C)C)cc6c5N(c5ccc(C(C)(C)C)cc5)c5cc(N(c6ccccc6)c6ccccc6)nc2c53)C(C)(C)CC4(C)C)cc(C(C)(C)C)c1. The van der Waals surface area contributed by atoms with Gasteiger partial charge in [-0.25, -0.2) is 4.98 Å². The number of fused-ring (bicyclic) bond motifs is 7. The second-order valence-electron chi connectivity index (χ2n) is 24.6. The molecule has 8 aromatic rings. The van der Waals surface area contributed by atoms with Crippen LogP contribution in [-0.4, -0.2) is 11.7 Å². The van der Waals surface area contributed by atoms with E-state index < -0.39 is 0 Å². The molecule has 4 nitrogen and oxygen atoms in total. The van der Waals surface area contributed by atoms with Crippen molar-refractivity contribution in [1.29, 1.82) is 0 Å². The Balaban J connectivity index is 1.33. The van der Waals surface area contributed by atoms with Crippen LogP contribution < -0.4 is 30.4 Å². The second kappa shape index (κ2) is 15.4. The molecule has 6 heteroatoms. The zero-order chi connectivity index (χ0) is 48.7. The third-order valence-electron chi connectivity index (χ3n) is 15.3. The van der Waals surface area contributed by atoms with Crippen LogP contribution >= 0.6 is 11.3 Å². The van der Waals surface area contributed by atoms with Crippen molar-refractivity contribution in [2.24, 2.45) is 0 Å². The van der Waals surface area contributed by atoms with Gasteiger partial charge in [-0.2, -0.15) is 0 Å². The highest BCUT2D eigenvalue weighted by molar-refractivity contribution is 7.33. The first-order valence-corrected chi connectivity index (χ1v) is 25.9. The molecule has 0 saturated carbocycles. The first-order valence-electron chi connectivity index (χ1n) is 25.0. The van der Waals surface area contributed by atoms with Crippen LogP contribution in [0.3, 0.4) is 0 Å². The predicted molar refractivity (Wildman–Crippen MR) is 300 cm³/mol. The number of aryl methyl sites for hydroxylation is 1. The summed E-state index contributed by atoms with van der Waals surface area (Å²) in [6, 6.07) is 53.1. The van der Waals surface area contributed by atoms with E-state index in [-0.39, 0.29) is 33.8 Å². The Morgan fingerprint density at radius 1 is 0.565 bits per heavy atom. The first-order chi connectivity index (χ1) is 32.5. The fourth-order valence-electron chi connectivity index (χ4n) is 11.9. The van der Waals surface area contributed by atoms with Crippen LogP contribution in [0, 0.1) is 6.92 Å². The minimum Gasteiger partial charge on any atom is -0.310 e. The molecule has 69 heavy (non-hydrogen) atoms. The maximum atomic E-state index is 6.07. The van der Waals surface area contributed by atoms with Crippen molar-refractivity contribution in [3.63, 3.8) is 0 Å². The van der Waals surface area contributed by atoms with Crippen LogP contribution in [0.1, 0.15) is 130 Å². The Morgan fingerprint density at radius 3 is 1.74 bits per heavy atom. The maximum Gasteiger partial charge on any atom is 0.266 e. The largest absolute Gasteiger partial charge is 0.310 e. The van der Waals surface area contributed by atoms with Gasteiger partial charge in [-0.1, -0.05) is 157 Å². The first kappa shape index (κ1) is 45.3. The Kier molecular flexibility index (Phi) is 10.2. The Morgan fingerprint density at radius 2 is 1.14 bits per heavy atom. The van der Waals surface area contributed by atoms with Gasteiger partial charge in [0.05, 0.1) is 5.69 Å². The highest BCUT2D eigenvalue weighted by atomic mass is 32.1. The molecule has 0 unspecified atom stereocenters. The summed E-state index contributed by atoms with van der Waals surface area (Å²) in [5.41, 5.74) is 18.7. The Hall–Kier alpha value is -6.11. The van der Waals surface area contributed by atoms with Crippen LogP contribution in [-0.2, 0) is 27.1 Å². The topological polar surface area (TPSA) is 22.6 Å². The van der Waals surface area contributed by atoms with Crippen LogP contribution in [0.5, 0.6) is 0 Å². The van der Waals surface area contributed by atoms with E-state index in [4.69, 9.17) is 4.98 Å². The Labute approximate surface area is 416 Å². The predicted octanol–water partition coefficient (Wildman–Crippen LogP) is 16.0. The summed E-state index contributed by atoms with van der Waals surface area (Å²) < 4.78 is 2.68. The summed E-state index contributed by atoms with van der Waals surface area (Å²) in [6.45, 7) is 32.9. The van der Waals surface area contributed by atoms with Crippen LogP contribution in [0.2, 0.25) is 0 Å². The van der Waals surface area contributed by atoms with Crippen molar-refractivity contribution in [1.82, 2.24) is 4.98 Å². The third-order valence-corrected chi connectivity index (χ3v) is 16.5. The molecule has 4 heterocycles. The number of pyridine rings is 1. The van der Waals surface area contributed by atoms with E-state index in [0.29, 0.717) is 0 Å². The molecule has 0 N–H and O–H groups in total. The minimum absolute atomic E-state index is 0.00441.